The average Bonchev–Trinajstić information content (AvgIpc) is 3.03. The van der Waals surface area contributed by atoms with Gasteiger partial charge in [0, 0.05) is 38.3 Å². The smallest absolute Gasteiger partial charge is 0.254 e. The Balaban J connectivity index is 2.00. The zero-order chi connectivity index (χ0) is 18.0. The van der Waals surface area contributed by atoms with Crippen LogP contribution in [0.5, 0.6) is 0 Å². The van der Waals surface area contributed by atoms with Gasteiger partial charge in [-0.3, -0.25) is 0 Å². The van der Waals surface area contributed by atoms with Crippen LogP contribution in [0, 0.1) is 6.92 Å². The van der Waals surface area contributed by atoms with Gasteiger partial charge in [0.2, 0.25) is 0 Å². The molecule has 0 aliphatic carbocycles. The van der Waals surface area contributed by atoms with Gasteiger partial charge in [-0.25, -0.2) is 4.98 Å². The van der Waals surface area contributed by atoms with Gasteiger partial charge in [0.05, 0.1) is 0 Å². The maximum Gasteiger partial charge on any atom is 0.254 e. The second kappa shape index (κ2) is 7.18. The summed E-state index contributed by atoms with van der Waals surface area (Å²) in [6.45, 7) is 4.41. The summed E-state index contributed by atoms with van der Waals surface area (Å²) in [4.78, 5) is 11.5. The molecule has 0 bridgehead atoms. The minimum absolute atomic E-state index is 0.545. The van der Waals surface area contributed by atoms with E-state index in [4.69, 9.17) is 0 Å². The number of nitrogens with zero attached hydrogens (tertiary/aromatic N) is 6. The van der Waals surface area contributed by atoms with E-state index < -0.39 is 10.6 Å². The van der Waals surface area contributed by atoms with Crippen molar-refractivity contribution in [3.63, 3.8) is 0 Å². The third kappa shape index (κ3) is 3.48. The Morgan fingerprint density at radius 3 is 2.60 bits per heavy atom. The van der Waals surface area contributed by atoms with Gasteiger partial charge in [0.1, 0.15) is 12.1 Å². The molecule has 2 heterocycles. The highest BCUT2D eigenvalue weighted by Gasteiger charge is 2.16. The van der Waals surface area contributed by atoms with Gasteiger partial charge in [-0.05, 0) is 19.4 Å². The van der Waals surface area contributed by atoms with E-state index in [0.29, 0.717) is 18.7 Å². The second-order valence-corrected chi connectivity index (χ2v) is 7.11. The summed E-state index contributed by atoms with van der Waals surface area (Å²) in [5.74, 6) is 1.56. The van der Waals surface area contributed by atoms with Crippen molar-refractivity contribution in [3.8, 4) is 0 Å². The van der Waals surface area contributed by atoms with Crippen LogP contribution in [-0.2, 0) is 21.2 Å². The van der Waals surface area contributed by atoms with Crippen molar-refractivity contribution in [2.24, 2.45) is 4.36 Å². The number of anilines is 1. The van der Waals surface area contributed by atoms with E-state index in [9.17, 15) is 4.21 Å². The van der Waals surface area contributed by atoms with E-state index in [-0.39, 0.29) is 0 Å². The number of fused-ring (bicyclic) bond motifs is 1. The normalized spacial score (nSPS) is 12.6. The highest BCUT2D eigenvalue weighted by molar-refractivity contribution is 7.74. The van der Waals surface area contributed by atoms with Gasteiger partial charge in [0.15, 0.2) is 0 Å². The molecule has 0 radical (unpaired) electrons. The molecule has 0 unspecified atom stereocenters. The maximum absolute atomic E-state index is 11.9. The van der Waals surface area contributed by atoms with Crippen molar-refractivity contribution in [1.82, 2.24) is 19.6 Å². The Hall–Kier alpha value is -2.48. The quantitative estimate of drug-likeness (QED) is 0.656. The summed E-state index contributed by atoms with van der Waals surface area (Å²) >= 11 is 0. The maximum atomic E-state index is 11.9. The van der Waals surface area contributed by atoms with Crippen LogP contribution in [0.3, 0.4) is 0 Å². The molecule has 3 rings (SSSR count). The van der Waals surface area contributed by atoms with Crippen molar-refractivity contribution in [3.05, 3.63) is 47.4 Å². The third-order valence-electron chi connectivity index (χ3n) is 3.88. The number of aryl methyl sites for hydroxylation is 1. The highest BCUT2D eigenvalue weighted by Crippen LogP contribution is 2.24. The summed E-state index contributed by atoms with van der Waals surface area (Å²) in [6.07, 6.45) is 2.22. The van der Waals surface area contributed by atoms with E-state index in [1.807, 2.05) is 57.1 Å². The van der Waals surface area contributed by atoms with Gasteiger partial charge in [0.25, 0.3) is 5.78 Å². The molecule has 7 nitrogen and oxygen atoms in total. The van der Waals surface area contributed by atoms with Crippen LogP contribution >= 0.6 is 0 Å². The molecule has 2 aromatic heterocycles. The fraction of sp³-hybridized carbons (Fsp3) is 0.353. The Bertz CT molecular complexity index is 971. The van der Waals surface area contributed by atoms with E-state index in [0.717, 1.165) is 27.5 Å². The predicted octanol–water partition coefficient (Wildman–Crippen LogP) is 2.62. The molecule has 0 aliphatic rings. The number of hydrogen-bond donors (Lipinski definition) is 0. The van der Waals surface area contributed by atoms with Crippen LogP contribution in [0.1, 0.15) is 23.7 Å². The number of benzene rings is 1. The molecule has 0 spiro atoms. The Kier molecular flexibility index (Phi) is 4.98. The molecule has 0 N–H and O–H groups in total. The molecule has 0 fully saturated rings. The van der Waals surface area contributed by atoms with E-state index in [2.05, 4.69) is 19.4 Å². The highest BCUT2D eigenvalue weighted by atomic mass is 32.2. The fourth-order valence-electron chi connectivity index (χ4n) is 2.75. The number of hydrogen-bond acceptors (Lipinski definition) is 7. The topological polar surface area (TPSA) is 75.7 Å². The molecule has 1 aromatic carbocycles. The Labute approximate surface area is 148 Å². The van der Waals surface area contributed by atoms with Crippen LogP contribution in [-0.4, -0.2) is 40.2 Å². The van der Waals surface area contributed by atoms with Crippen molar-refractivity contribution in [2.75, 3.05) is 25.5 Å². The first-order valence-corrected chi connectivity index (χ1v) is 9.16. The lowest BCUT2D eigenvalue weighted by Gasteiger charge is -2.20. The summed E-state index contributed by atoms with van der Waals surface area (Å²) in [5.41, 5.74) is 3.14. The molecule has 3 aromatic rings. The largest absolute Gasteiger partial charge is 0.440 e. The molecule has 8 heteroatoms. The minimum atomic E-state index is -1.29. The minimum Gasteiger partial charge on any atom is -0.440 e. The molecule has 0 amide bonds. The van der Waals surface area contributed by atoms with Gasteiger partial charge >= 0.3 is 0 Å². The summed E-state index contributed by atoms with van der Waals surface area (Å²) in [6, 6.07) is 7.72. The lowest BCUT2D eigenvalue weighted by atomic mass is 10.0. The first kappa shape index (κ1) is 17.3. The molecular formula is C17H21N6OS-. The van der Waals surface area contributed by atoms with Gasteiger partial charge in [-0.15, -0.1) is 0 Å². The molecule has 0 aliphatic heterocycles. The van der Waals surface area contributed by atoms with E-state index in [1.165, 1.54) is 6.33 Å². The van der Waals surface area contributed by atoms with Crippen LogP contribution in [0.15, 0.2) is 39.9 Å². The zero-order valence-corrected chi connectivity index (χ0v) is 15.6. The standard InChI is InChI=1S/C17H21N6OS/c1-5-20-25(24)14-8-6-13(7-9-14)10-15-12(2)21-17-18-11-19-23(17)16(15)22(3)4/h6-9,11H,5,10H2,1-4H3/q-1. The van der Waals surface area contributed by atoms with Crippen LogP contribution in [0.25, 0.3) is 5.78 Å². The molecule has 132 valence electrons. The van der Waals surface area contributed by atoms with Crippen molar-refractivity contribution < 1.29 is 4.21 Å². The monoisotopic (exact) mass is 357 g/mol. The summed E-state index contributed by atoms with van der Waals surface area (Å²) < 4.78 is 17.7. The van der Waals surface area contributed by atoms with Crippen molar-refractivity contribution in [1.29, 1.82) is 0 Å². The van der Waals surface area contributed by atoms with Crippen LogP contribution in [0.4, 0.5) is 5.82 Å². The lowest BCUT2D eigenvalue weighted by molar-refractivity contribution is 0.599. The number of aromatic nitrogens is 4. The van der Waals surface area contributed by atoms with Crippen LogP contribution in [0.2, 0.25) is 0 Å². The first-order valence-electron chi connectivity index (χ1n) is 8.06. The Morgan fingerprint density at radius 2 is 1.96 bits per heavy atom. The van der Waals surface area contributed by atoms with Crippen molar-refractivity contribution in [2.45, 2.75) is 25.2 Å². The van der Waals surface area contributed by atoms with Crippen LogP contribution < -0.4 is 4.90 Å². The SMILES string of the molecule is CCN=[S-](=O)c1ccc(Cc2c(C)nc3ncnn3c2N(C)C)cc1. The third-order valence-corrected chi connectivity index (χ3v) is 5.05. The summed E-state index contributed by atoms with van der Waals surface area (Å²) in [7, 11) is 2.68. The number of rotatable bonds is 5. The lowest BCUT2D eigenvalue weighted by Crippen LogP contribution is -2.18. The van der Waals surface area contributed by atoms with Crippen molar-refractivity contribution >= 4 is 22.2 Å². The molecule has 25 heavy (non-hydrogen) atoms. The second-order valence-electron chi connectivity index (χ2n) is 5.88. The van der Waals surface area contributed by atoms with E-state index >= 15 is 0 Å². The van der Waals surface area contributed by atoms with Gasteiger partial charge in [-0.1, -0.05) is 29.2 Å². The average molecular weight is 357 g/mol. The van der Waals surface area contributed by atoms with E-state index in [1.54, 1.807) is 4.52 Å². The first-order chi connectivity index (χ1) is 12.0. The van der Waals surface area contributed by atoms with Gasteiger partial charge in [-0.2, -0.15) is 25.2 Å². The zero-order valence-electron chi connectivity index (χ0n) is 14.8. The Morgan fingerprint density at radius 1 is 1.24 bits per heavy atom. The predicted molar refractivity (Wildman–Crippen MR) is 98.4 cm³/mol. The van der Waals surface area contributed by atoms with Gasteiger partial charge < -0.3 is 13.5 Å². The summed E-state index contributed by atoms with van der Waals surface area (Å²) in [5, 5.41) is 4.29. The molecule has 0 saturated carbocycles. The molecule has 0 saturated heterocycles. The molecule has 0 atom stereocenters. The molecular weight excluding hydrogens is 336 g/mol. The fourth-order valence-corrected chi connectivity index (χ4v) is 3.51.